The van der Waals surface area contributed by atoms with E-state index in [9.17, 15) is 4.79 Å². The van der Waals surface area contributed by atoms with Gasteiger partial charge in [-0.1, -0.05) is 71.2 Å². The third-order valence-electron chi connectivity index (χ3n) is 5.92. The highest BCUT2D eigenvalue weighted by molar-refractivity contribution is 7.14. The average Bonchev–Trinajstić information content (AvgIpc) is 3.44. The van der Waals surface area contributed by atoms with Crippen molar-refractivity contribution in [1.29, 1.82) is 0 Å². The summed E-state index contributed by atoms with van der Waals surface area (Å²) in [4.78, 5) is 17.3. The number of hydrogen-bond acceptors (Lipinski definition) is 6. The maximum Gasteiger partial charge on any atom is 0.271 e. The van der Waals surface area contributed by atoms with Gasteiger partial charge < -0.3 is 10.1 Å². The minimum absolute atomic E-state index is 0.308. The van der Waals surface area contributed by atoms with Gasteiger partial charge in [-0.2, -0.15) is 5.10 Å². The van der Waals surface area contributed by atoms with Crippen LogP contribution >= 0.6 is 34.5 Å². The summed E-state index contributed by atoms with van der Waals surface area (Å²) in [6.07, 6.45) is 1.55. The van der Waals surface area contributed by atoms with Gasteiger partial charge in [-0.3, -0.25) is 4.79 Å². The van der Waals surface area contributed by atoms with Crippen molar-refractivity contribution in [3.05, 3.63) is 129 Å². The Morgan fingerprint density at radius 2 is 1.75 bits per heavy atom. The number of rotatable bonds is 9. The van der Waals surface area contributed by atoms with E-state index in [1.807, 2.05) is 60.0 Å². The van der Waals surface area contributed by atoms with Crippen LogP contribution < -0.4 is 15.5 Å². The van der Waals surface area contributed by atoms with Gasteiger partial charge in [0.15, 0.2) is 5.13 Å². The highest BCUT2D eigenvalue weighted by Gasteiger charge is 2.09. The molecule has 0 fully saturated rings. The molecule has 1 amide bonds. The van der Waals surface area contributed by atoms with Crippen LogP contribution in [0.3, 0.4) is 0 Å². The number of carbonyl (C=O) groups excluding carboxylic acids is 1. The van der Waals surface area contributed by atoms with Crippen molar-refractivity contribution in [2.45, 2.75) is 13.5 Å². The minimum atomic E-state index is -0.322. The van der Waals surface area contributed by atoms with Gasteiger partial charge in [0.25, 0.3) is 5.91 Å². The largest absolute Gasteiger partial charge is 0.488 e. The van der Waals surface area contributed by atoms with Crippen LogP contribution in [0, 0.1) is 6.92 Å². The summed E-state index contributed by atoms with van der Waals surface area (Å²) in [5, 5.41) is 11.2. The van der Waals surface area contributed by atoms with Crippen LogP contribution in [-0.4, -0.2) is 17.1 Å². The van der Waals surface area contributed by atoms with E-state index in [-0.39, 0.29) is 5.91 Å². The zero-order chi connectivity index (χ0) is 27.9. The van der Waals surface area contributed by atoms with E-state index in [4.69, 9.17) is 27.9 Å². The molecule has 5 rings (SSSR count). The van der Waals surface area contributed by atoms with E-state index in [1.165, 1.54) is 16.9 Å². The number of hydrazone groups is 1. The molecule has 0 saturated heterocycles. The molecule has 40 heavy (non-hydrogen) atoms. The second-order valence-electron chi connectivity index (χ2n) is 8.88. The SMILES string of the molecule is Cc1ccc(Nc2nc(-c3ccc(C(=O)N/N=C\c4ccccc4OCc4ccc(Cl)c(Cl)c4)cc3)cs2)cc1. The third-order valence-corrected chi connectivity index (χ3v) is 7.41. The lowest BCUT2D eigenvalue weighted by molar-refractivity contribution is 0.0955. The zero-order valence-electron chi connectivity index (χ0n) is 21.4. The van der Waals surface area contributed by atoms with Gasteiger partial charge >= 0.3 is 0 Å². The molecule has 0 unspecified atom stereocenters. The standard InChI is InChI=1S/C31H24Cl2N4O2S/c1-20-6-13-25(14-7-20)35-31-36-28(19-40-31)22-9-11-23(12-10-22)30(38)37-34-17-24-4-2-3-5-29(24)39-18-21-8-15-26(32)27(33)16-21/h2-17,19H,18H2,1H3,(H,35,36)(H,37,38)/b34-17-. The lowest BCUT2D eigenvalue weighted by Crippen LogP contribution is -2.17. The van der Waals surface area contributed by atoms with Crippen LogP contribution in [0.5, 0.6) is 5.75 Å². The summed E-state index contributed by atoms with van der Waals surface area (Å²) in [5.74, 6) is 0.299. The number of thiazole rings is 1. The molecule has 0 atom stereocenters. The van der Waals surface area contributed by atoms with E-state index in [0.29, 0.717) is 28.0 Å². The number of carbonyl (C=O) groups is 1. The van der Waals surface area contributed by atoms with E-state index in [0.717, 1.165) is 33.2 Å². The fraction of sp³-hybridized carbons (Fsp3) is 0.0645. The molecule has 0 spiro atoms. The third kappa shape index (κ3) is 7.07. The highest BCUT2D eigenvalue weighted by Crippen LogP contribution is 2.28. The van der Waals surface area contributed by atoms with Crippen LogP contribution in [0.25, 0.3) is 11.3 Å². The van der Waals surface area contributed by atoms with Crippen LogP contribution in [0.15, 0.2) is 101 Å². The first kappa shape index (κ1) is 27.4. The number of nitrogens with zero attached hydrogens (tertiary/aromatic N) is 2. The van der Waals surface area contributed by atoms with Gasteiger partial charge in [0.05, 0.1) is 22.0 Å². The fourth-order valence-electron chi connectivity index (χ4n) is 3.75. The number of benzene rings is 4. The predicted octanol–water partition coefficient (Wildman–Crippen LogP) is 8.51. The van der Waals surface area contributed by atoms with Crippen molar-refractivity contribution >= 4 is 57.5 Å². The number of ether oxygens (including phenoxy) is 1. The lowest BCUT2D eigenvalue weighted by Gasteiger charge is -2.09. The van der Waals surface area contributed by atoms with Gasteiger partial charge in [-0.25, -0.2) is 10.4 Å². The summed E-state index contributed by atoms with van der Waals surface area (Å²) in [7, 11) is 0. The predicted molar refractivity (Wildman–Crippen MR) is 164 cm³/mol. The summed E-state index contributed by atoms with van der Waals surface area (Å²) >= 11 is 13.6. The smallest absolute Gasteiger partial charge is 0.271 e. The lowest BCUT2D eigenvalue weighted by atomic mass is 10.1. The molecule has 200 valence electrons. The molecule has 1 heterocycles. The van der Waals surface area contributed by atoms with Crippen molar-refractivity contribution in [2.24, 2.45) is 5.10 Å². The second kappa shape index (κ2) is 12.8. The van der Waals surface area contributed by atoms with Crippen molar-refractivity contribution in [3.63, 3.8) is 0 Å². The molecule has 0 aliphatic rings. The summed E-state index contributed by atoms with van der Waals surface area (Å²) in [6, 6.07) is 28.2. The van der Waals surface area contributed by atoms with Crippen LogP contribution in [-0.2, 0) is 6.61 Å². The quantitative estimate of drug-likeness (QED) is 0.134. The van der Waals surface area contributed by atoms with Crippen molar-refractivity contribution in [2.75, 3.05) is 5.32 Å². The fourth-order valence-corrected chi connectivity index (χ4v) is 4.81. The number of amides is 1. The Labute approximate surface area is 246 Å². The Hall–Kier alpha value is -4.17. The molecule has 5 aromatic rings. The molecular weight excluding hydrogens is 563 g/mol. The molecule has 0 radical (unpaired) electrons. The number of anilines is 2. The normalized spacial score (nSPS) is 11.0. The molecular formula is C31H24Cl2N4O2S. The maximum atomic E-state index is 12.7. The molecule has 1 aromatic heterocycles. The molecule has 9 heteroatoms. The van der Waals surface area contributed by atoms with Gasteiger partial charge in [0.2, 0.25) is 0 Å². The Balaban J connectivity index is 1.17. The van der Waals surface area contributed by atoms with E-state index >= 15 is 0 Å². The van der Waals surface area contributed by atoms with Crippen molar-refractivity contribution in [3.8, 4) is 17.0 Å². The number of aromatic nitrogens is 1. The molecule has 0 bridgehead atoms. The zero-order valence-corrected chi connectivity index (χ0v) is 23.7. The van der Waals surface area contributed by atoms with Crippen LogP contribution in [0.4, 0.5) is 10.8 Å². The first-order chi connectivity index (χ1) is 19.4. The molecule has 0 saturated carbocycles. The topological polar surface area (TPSA) is 75.6 Å². The van der Waals surface area contributed by atoms with Gasteiger partial charge in [0, 0.05) is 27.8 Å². The molecule has 2 N–H and O–H groups in total. The first-order valence-electron chi connectivity index (χ1n) is 12.3. The highest BCUT2D eigenvalue weighted by atomic mass is 35.5. The monoisotopic (exact) mass is 586 g/mol. The van der Waals surface area contributed by atoms with Crippen molar-refractivity contribution < 1.29 is 9.53 Å². The summed E-state index contributed by atoms with van der Waals surface area (Å²) < 4.78 is 5.94. The van der Waals surface area contributed by atoms with E-state index in [2.05, 4.69) is 39.9 Å². The number of para-hydroxylation sites is 1. The van der Waals surface area contributed by atoms with Gasteiger partial charge in [0.1, 0.15) is 12.4 Å². The Morgan fingerprint density at radius 1 is 0.975 bits per heavy atom. The van der Waals surface area contributed by atoms with Gasteiger partial charge in [-0.15, -0.1) is 11.3 Å². The Morgan fingerprint density at radius 3 is 2.52 bits per heavy atom. The van der Waals surface area contributed by atoms with E-state index in [1.54, 1.807) is 30.5 Å². The Kier molecular flexibility index (Phi) is 8.76. The first-order valence-corrected chi connectivity index (χ1v) is 14.0. The number of halogens is 2. The van der Waals surface area contributed by atoms with Crippen LogP contribution in [0.2, 0.25) is 10.0 Å². The summed E-state index contributed by atoms with van der Waals surface area (Å²) in [6.45, 7) is 2.36. The second-order valence-corrected chi connectivity index (χ2v) is 10.6. The number of nitrogens with one attached hydrogen (secondary N) is 2. The number of hydrogen-bond donors (Lipinski definition) is 2. The summed E-state index contributed by atoms with van der Waals surface area (Å²) in [5.41, 5.74) is 8.61. The maximum absolute atomic E-state index is 12.7. The minimum Gasteiger partial charge on any atom is -0.488 e. The molecule has 0 aliphatic heterocycles. The Bertz CT molecular complexity index is 1650. The van der Waals surface area contributed by atoms with Crippen molar-refractivity contribution in [1.82, 2.24) is 10.4 Å². The molecule has 0 aliphatic carbocycles. The average molecular weight is 588 g/mol. The number of aryl methyl sites for hydroxylation is 1. The molecule has 4 aromatic carbocycles. The van der Waals surface area contributed by atoms with Gasteiger partial charge in [-0.05, 0) is 61.0 Å². The van der Waals surface area contributed by atoms with Crippen LogP contribution in [0.1, 0.15) is 27.0 Å². The molecule has 6 nitrogen and oxygen atoms in total. The van der Waals surface area contributed by atoms with E-state index < -0.39 is 0 Å².